The van der Waals surface area contributed by atoms with Crippen LogP contribution < -0.4 is 16.0 Å². The number of para-hydroxylation sites is 2. The van der Waals surface area contributed by atoms with E-state index in [-0.39, 0.29) is 5.91 Å². The Bertz CT molecular complexity index is 626. The molecule has 1 aromatic carbocycles. The van der Waals surface area contributed by atoms with E-state index in [0.29, 0.717) is 13.1 Å². The number of nitrogens with two attached hydrogens (primary N) is 1. The summed E-state index contributed by atoms with van der Waals surface area (Å²) in [6.07, 6.45) is 1.71. The maximum Gasteiger partial charge on any atom is 0.244 e. The fourth-order valence-electron chi connectivity index (χ4n) is 2.21. The lowest BCUT2D eigenvalue weighted by atomic mass is 10.1. The Hall–Kier alpha value is -2.40. The molecule has 3 N–H and O–H groups in total. The van der Waals surface area contributed by atoms with Crippen LogP contribution in [-0.4, -0.2) is 17.4 Å². The minimum atomic E-state index is -0.0233. The highest BCUT2D eigenvalue weighted by atomic mass is 16.2. The van der Waals surface area contributed by atoms with Gasteiger partial charge in [0.25, 0.3) is 0 Å². The van der Waals surface area contributed by atoms with Gasteiger partial charge in [-0.05, 0) is 24.3 Å². The number of hydrogen-bond donors (Lipinski definition) is 2. The minimum Gasteiger partial charge on any atom is -0.330 e. The molecule has 1 aliphatic rings. The van der Waals surface area contributed by atoms with Gasteiger partial charge in [0.15, 0.2) is 0 Å². The lowest BCUT2D eigenvalue weighted by Gasteiger charge is -2.31. The average molecular weight is 254 g/mol. The Morgan fingerprint density at radius 2 is 2.16 bits per heavy atom. The molecule has 0 bridgehead atoms. The van der Waals surface area contributed by atoms with Crippen LogP contribution >= 0.6 is 0 Å². The summed E-state index contributed by atoms with van der Waals surface area (Å²) in [7, 11) is 0. The highest BCUT2D eigenvalue weighted by molar-refractivity contribution is 6.03. The van der Waals surface area contributed by atoms with Crippen LogP contribution in [0.4, 0.5) is 17.1 Å². The predicted molar refractivity (Wildman–Crippen MR) is 74.2 cm³/mol. The number of pyridine rings is 1. The van der Waals surface area contributed by atoms with Crippen molar-refractivity contribution >= 4 is 23.0 Å². The number of rotatable bonds is 2. The van der Waals surface area contributed by atoms with E-state index in [4.69, 9.17) is 5.73 Å². The van der Waals surface area contributed by atoms with E-state index >= 15 is 0 Å². The molecule has 19 heavy (non-hydrogen) atoms. The van der Waals surface area contributed by atoms with Crippen LogP contribution in [0.15, 0.2) is 42.6 Å². The SMILES string of the molecule is NCc1cc(N2CC(=O)Nc3ccccc32)ccn1. The second-order valence-corrected chi connectivity index (χ2v) is 4.36. The second kappa shape index (κ2) is 4.70. The molecule has 5 nitrogen and oxygen atoms in total. The van der Waals surface area contributed by atoms with E-state index in [2.05, 4.69) is 10.3 Å². The summed E-state index contributed by atoms with van der Waals surface area (Å²) in [6, 6.07) is 11.5. The first-order chi connectivity index (χ1) is 9.28. The normalized spacial score (nSPS) is 13.9. The van der Waals surface area contributed by atoms with Crippen molar-refractivity contribution in [3.05, 3.63) is 48.3 Å². The van der Waals surface area contributed by atoms with Crippen LogP contribution in [0.1, 0.15) is 5.69 Å². The molecule has 2 heterocycles. The summed E-state index contributed by atoms with van der Waals surface area (Å²) >= 11 is 0. The van der Waals surface area contributed by atoms with E-state index in [1.165, 1.54) is 0 Å². The van der Waals surface area contributed by atoms with Crippen molar-refractivity contribution in [1.29, 1.82) is 0 Å². The van der Waals surface area contributed by atoms with Gasteiger partial charge in [-0.25, -0.2) is 0 Å². The Labute approximate surface area is 111 Å². The van der Waals surface area contributed by atoms with Crippen molar-refractivity contribution in [3.8, 4) is 0 Å². The molecule has 0 saturated carbocycles. The number of hydrogen-bond acceptors (Lipinski definition) is 4. The van der Waals surface area contributed by atoms with E-state index in [1.54, 1.807) is 6.20 Å². The zero-order valence-corrected chi connectivity index (χ0v) is 10.3. The van der Waals surface area contributed by atoms with Crippen LogP contribution in [0.3, 0.4) is 0 Å². The zero-order valence-electron chi connectivity index (χ0n) is 10.3. The molecule has 1 aliphatic heterocycles. The average Bonchev–Trinajstić information content (AvgIpc) is 2.46. The monoisotopic (exact) mass is 254 g/mol. The maximum absolute atomic E-state index is 11.8. The highest BCUT2D eigenvalue weighted by Crippen LogP contribution is 2.34. The van der Waals surface area contributed by atoms with Gasteiger partial charge in [0.05, 0.1) is 17.1 Å². The van der Waals surface area contributed by atoms with E-state index in [1.807, 2.05) is 41.3 Å². The Balaban J connectivity index is 2.07. The number of carbonyl (C=O) groups is 1. The van der Waals surface area contributed by atoms with Gasteiger partial charge in [-0.2, -0.15) is 0 Å². The van der Waals surface area contributed by atoms with E-state index in [9.17, 15) is 4.79 Å². The molecule has 3 rings (SSSR count). The molecule has 0 radical (unpaired) electrons. The molecule has 0 spiro atoms. The summed E-state index contributed by atoms with van der Waals surface area (Å²) in [5.74, 6) is -0.0233. The Kier molecular flexibility index (Phi) is 2.89. The molecule has 5 heteroatoms. The van der Waals surface area contributed by atoms with Gasteiger partial charge in [-0.1, -0.05) is 12.1 Å². The smallest absolute Gasteiger partial charge is 0.244 e. The molecule has 2 aromatic rings. The quantitative estimate of drug-likeness (QED) is 0.854. The minimum absolute atomic E-state index is 0.0233. The van der Waals surface area contributed by atoms with Crippen molar-refractivity contribution in [2.45, 2.75) is 6.54 Å². The van der Waals surface area contributed by atoms with Gasteiger partial charge >= 0.3 is 0 Å². The number of amides is 1. The lowest BCUT2D eigenvalue weighted by molar-refractivity contribution is -0.115. The van der Waals surface area contributed by atoms with Crippen molar-refractivity contribution in [2.75, 3.05) is 16.8 Å². The third-order valence-corrected chi connectivity index (χ3v) is 3.09. The fraction of sp³-hybridized carbons (Fsp3) is 0.143. The first kappa shape index (κ1) is 11.7. The summed E-state index contributed by atoms with van der Waals surface area (Å²) in [6.45, 7) is 0.681. The van der Waals surface area contributed by atoms with Gasteiger partial charge < -0.3 is 16.0 Å². The van der Waals surface area contributed by atoms with Crippen molar-refractivity contribution in [3.63, 3.8) is 0 Å². The summed E-state index contributed by atoms with van der Waals surface area (Å²) < 4.78 is 0. The number of nitrogens with zero attached hydrogens (tertiary/aromatic N) is 2. The lowest BCUT2D eigenvalue weighted by Crippen LogP contribution is -2.35. The van der Waals surface area contributed by atoms with E-state index in [0.717, 1.165) is 22.8 Å². The molecule has 96 valence electrons. The first-order valence-electron chi connectivity index (χ1n) is 6.09. The fourth-order valence-corrected chi connectivity index (χ4v) is 2.21. The topological polar surface area (TPSA) is 71.2 Å². The number of carbonyl (C=O) groups excluding carboxylic acids is 1. The third kappa shape index (κ3) is 2.15. The Morgan fingerprint density at radius 3 is 3.00 bits per heavy atom. The molecular weight excluding hydrogens is 240 g/mol. The van der Waals surface area contributed by atoms with Crippen molar-refractivity contribution in [2.24, 2.45) is 5.73 Å². The number of nitrogens with one attached hydrogen (secondary N) is 1. The first-order valence-corrected chi connectivity index (χ1v) is 6.09. The molecule has 0 saturated heterocycles. The standard InChI is InChI=1S/C14H14N4O/c15-8-10-7-11(5-6-16-10)18-9-14(19)17-12-3-1-2-4-13(12)18/h1-7H,8-9,15H2,(H,17,19). The van der Waals surface area contributed by atoms with Crippen LogP contribution in [0.2, 0.25) is 0 Å². The summed E-state index contributed by atoms with van der Waals surface area (Å²) in [4.78, 5) is 17.9. The largest absolute Gasteiger partial charge is 0.330 e. The van der Waals surface area contributed by atoms with Crippen molar-refractivity contribution in [1.82, 2.24) is 4.98 Å². The van der Waals surface area contributed by atoms with Gasteiger partial charge in [0, 0.05) is 18.4 Å². The van der Waals surface area contributed by atoms with Crippen LogP contribution in [0.5, 0.6) is 0 Å². The summed E-state index contributed by atoms with van der Waals surface area (Å²) in [5, 5.41) is 2.87. The molecule has 0 fully saturated rings. The van der Waals surface area contributed by atoms with Crippen LogP contribution in [-0.2, 0) is 11.3 Å². The number of benzene rings is 1. The van der Waals surface area contributed by atoms with Gasteiger partial charge in [-0.3, -0.25) is 9.78 Å². The second-order valence-electron chi connectivity index (χ2n) is 4.36. The zero-order chi connectivity index (χ0) is 13.2. The predicted octanol–water partition coefficient (Wildman–Crippen LogP) is 1.63. The number of fused-ring (bicyclic) bond motifs is 1. The third-order valence-electron chi connectivity index (χ3n) is 3.09. The van der Waals surface area contributed by atoms with Gasteiger partial charge in [0.1, 0.15) is 6.54 Å². The molecule has 1 aromatic heterocycles. The molecule has 0 unspecified atom stereocenters. The van der Waals surface area contributed by atoms with E-state index < -0.39 is 0 Å². The molecule has 1 amide bonds. The highest BCUT2D eigenvalue weighted by Gasteiger charge is 2.22. The van der Waals surface area contributed by atoms with Crippen LogP contribution in [0, 0.1) is 0 Å². The number of anilines is 3. The maximum atomic E-state index is 11.8. The molecule has 0 aliphatic carbocycles. The summed E-state index contributed by atoms with van der Waals surface area (Å²) in [5.41, 5.74) is 9.15. The van der Waals surface area contributed by atoms with Crippen molar-refractivity contribution < 1.29 is 4.79 Å². The molecule has 0 atom stereocenters. The molecular formula is C14H14N4O. The van der Waals surface area contributed by atoms with Gasteiger partial charge in [0.2, 0.25) is 5.91 Å². The number of aromatic nitrogens is 1. The van der Waals surface area contributed by atoms with Gasteiger partial charge in [-0.15, -0.1) is 0 Å². The van der Waals surface area contributed by atoms with Crippen LogP contribution in [0.25, 0.3) is 0 Å². The Morgan fingerprint density at radius 1 is 1.32 bits per heavy atom.